The highest BCUT2D eigenvalue weighted by molar-refractivity contribution is 5.86. The molecule has 17 N–H and O–H groups in total. The van der Waals surface area contributed by atoms with Crippen molar-refractivity contribution in [3.63, 3.8) is 0 Å². The number of carbonyl (C=O) groups is 1. The summed E-state index contributed by atoms with van der Waals surface area (Å²) in [5.41, 5.74) is 14.4. The predicted molar refractivity (Wildman–Crippen MR) is 161 cm³/mol. The molecule has 4 rings (SSSR count). The van der Waals surface area contributed by atoms with Gasteiger partial charge in [0.15, 0.2) is 12.6 Å². The van der Waals surface area contributed by atoms with E-state index in [0.717, 1.165) is 0 Å². The highest BCUT2D eigenvalue weighted by atomic mass is 16.7. The second-order valence-electron chi connectivity index (χ2n) is 13.6. The molecule has 1 amide bonds. The van der Waals surface area contributed by atoms with Gasteiger partial charge < -0.3 is 93.0 Å². The Morgan fingerprint density at radius 3 is 2.26 bits per heavy atom. The number of hydrogen-bond acceptors (Lipinski definition) is 18. The molecule has 4 fully saturated rings. The fourth-order valence-electron chi connectivity index (χ4n) is 6.79. The molecule has 2 saturated carbocycles. The van der Waals surface area contributed by atoms with Crippen molar-refractivity contribution in [3.05, 3.63) is 0 Å². The van der Waals surface area contributed by atoms with Gasteiger partial charge in [0, 0.05) is 38.0 Å². The average molecular weight is 683 g/mol. The van der Waals surface area contributed by atoms with Crippen LogP contribution in [0.5, 0.6) is 0 Å². The van der Waals surface area contributed by atoms with Crippen molar-refractivity contribution in [2.24, 2.45) is 17.2 Å². The van der Waals surface area contributed by atoms with E-state index >= 15 is 0 Å². The van der Waals surface area contributed by atoms with E-state index in [1.54, 1.807) is 0 Å². The van der Waals surface area contributed by atoms with E-state index in [9.17, 15) is 45.6 Å². The van der Waals surface area contributed by atoms with E-state index in [1.165, 1.54) is 14.0 Å². The zero-order valence-corrected chi connectivity index (χ0v) is 26.7. The Balaban J connectivity index is 1.51. The van der Waals surface area contributed by atoms with E-state index in [4.69, 9.17) is 36.1 Å². The minimum Gasteiger partial charge on any atom is -0.392 e. The first-order valence-electron chi connectivity index (χ1n) is 16.0. The lowest BCUT2D eigenvalue weighted by Gasteiger charge is -2.50. The molecule has 0 aromatic heterocycles. The molecule has 19 nitrogen and oxygen atoms in total. The lowest BCUT2D eigenvalue weighted by molar-refractivity contribution is -0.331. The minimum absolute atomic E-state index is 0.0217. The fourth-order valence-corrected chi connectivity index (χ4v) is 6.79. The zero-order valence-electron chi connectivity index (χ0n) is 26.7. The van der Waals surface area contributed by atoms with Gasteiger partial charge in [0.2, 0.25) is 0 Å². The molecule has 0 spiro atoms. The number of aliphatic hydroxyl groups is 8. The molecule has 0 bridgehead atoms. The van der Waals surface area contributed by atoms with E-state index in [2.05, 4.69) is 16.0 Å². The molecule has 0 radical (unpaired) electrons. The van der Waals surface area contributed by atoms with Crippen LogP contribution < -0.4 is 33.2 Å². The van der Waals surface area contributed by atoms with Gasteiger partial charge in [-0.05, 0) is 33.4 Å². The van der Waals surface area contributed by atoms with Crippen molar-refractivity contribution in [2.75, 3.05) is 33.3 Å². The summed E-state index contributed by atoms with van der Waals surface area (Å²) in [4.78, 5) is 13.1. The van der Waals surface area contributed by atoms with Crippen LogP contribution in [0.1, 0.15) is 32.6 Å². The third-order valence-corrected chi connectivity index (χ3v) is 9.57. The molecule has 2 saturated heterocycles. The standard InChI is InChI=1S/C28H54N6O13/c1-27(42)10-44-24(20(40)23(27)32-2)47-22-14(34-26(41)28(43)6-11(30)7-28)5-13(31)21(19(22)39)46-25-18(38)17(37)16(36)15(45-25)9-33-8-12(35)3-4-29/h11-25,32-33,35-40,42-43H,3-10,29-31H2,1-2H3,(H,34,41)/t11?,12?,13-,14+,15+,16+,17-,18+,19-,20+,21?,22-,23+,24+,25+,27-,28?/m0/s1. The van der Waals surface area contributed by atoms with Gasteiger partial charge in [-0.1, -0.05) is 0 Å². The molecule has 0 aromatic carbocycles. The number of amides is 1. The van der Waals surface area contributed by atoms with Crippen molar-refractivity contribution in [3.8, 4) is 0 Å². The second-order valence-corrected chi connectivity index (χ2v) is 13.6. The lowest BCUT2D eigenvalue weighted by Crippen LogP contribution is -2.71. The second kappa shape index (κ2) is 15.8. The first kappa shape index (κ1) is 38.6. The molecule has 19 heteroatoms. The topological polar surface area (TPSA) is 330 Å². The normalized spacial score (nSPS) is 48.0. The van der Waals surface area contributed by atoms with Gasteiger partial charge in [0.05, 0.1) is 24.8 Å². The van der Waals surface area contributed by atoms with Crippen LogP contribution in [0.3, 0.4) is 0 Å². The van der Waals surface area contributed by atoms with Gasteiger partial charge in [-0.3, -0.25) is 4.79 Å². The van der Waals surface area contributed by atoms with Crippen molar-refractivity contribution in [1.29, 1.82) is 0 Å². The Morgan fingerprint density at radius 1 is 0.979 bits per heavy atom. The van der Waals surface area contributed by atoms with Gasteiger partial charge in [-0.2, -0.15) is 0 Å². The number of carbonyl (C=O) groups excluding carboxylic acids is 1. The summed E-state index contributed by atoms with van der Waals surface area (Å²) >= 11 is 0. The quantitative estimate of drug-likeness (QED) is 0.0857. The summed E-state index contributed by atoms with van der Waals surface area (Å²) in [6.45, 7) is 1.55. The van der Waals surface area contributed by atoms with Crippen molar-refractivity contribution in [2.45, 2.75) is 135 Å². The largest absolute Gasteiger partial charge is 0.392 e. The van der Waals surface area contributed by atoms with Crippen molar-refractivity contribution >= 4 is 5.91 Å². The SMILES string of the molecule is CN[C@@H]1[C@@H](O)[C@@H](O[C@H]2[C@H](NC(=O)C3(O)CC(N)C3)C[C@H](N)C(O[C@H]3O[C@H](CNCC(O)CCN)[C@@H](O)[C@H](O)[C@H]3O)[C@@H]2O)OC[C@]1(C)O. The van der Waals surface area contributed by atoms with E-state index in [0.29, 0.717) is 6.42 Å². The zero-order chi connectivity index (χ0) is 34.8. The van der Waals surface area contributed by atoms with E-state index in [-0.39, 0.29) is 51.5 Å². The number of aliphatic hydroxyl groups excluding tert-OH is 6. The Hall–Kier alpha value is -1.21. The van der Waals surface area contributed by atoms with E-state index in [1.807, 2.05) is 0 Å². The summed E-state index contributed by atoms with van der Waals surface area (Å²) in [7, 11) is 1.53. The summed E-state index contributed by atoms with van der Waals surface area (Å²) < 4.78 is 23.4. The van der Waals surface area contributed by atoms with Gasteiger partial charge in [0.25, 0.3) is 5.91 Å². The van der Waals surface area contributed by atoms with Crippen LogP contribution in [0.4, 0.5) is 0 Å². The first-order valence-corrected chi connectivity index (χ1v) is 16.0. The Morgan fingerprint density at radius 2 is 1.64 bits per heavy atom. The van der Waals surface area contributed by atoms with Gasteiger partial charge >= 0.3 is 0 Å². The van der Waals surface area contributed by atoms with Crippen LogP contribution in [-0.4, -0.2) is 183 Å². The number of rotatable bonds is 13. The molecule has 2 aliphatic carbocycles. The fraction of sp³-hybridized carbons (Fsp3) is 0.964. The highest BCUT2D eigenvalue weighted by Gasteiger charge is 2.55. The summed E-state index contributed by atoms with van der Waals surface area (Å²) in [5.74, 6) is -0.757. The average Bonchev–Trinajstić information content (AvgIpc) is 2.98. The molecule has 2 unspecified atom stereocenters. The number of nitrogens with two attached hydrogens (primary N) is 3. The van der Waals surface area contributed by atoms with Crippen molar-refractivity contribution in [1.82, 2.24) is 16.0 Å². The van der Waals surface area contributed by atoms with Crippen LogP contribution in [0, 0.1) is 0 Å². The van der Waals surface area contributed by atoms with Crippen LogP contribution in [-0.2, 0) is 23.7 Å². The molecule has 15 atom stereocenters. The maximum absolute atomic E-state index is 13.1. The maximum Gasteiger partial charge on any atom is 0.252 e. The Kier molecular flexibility index (Phi) is 13.0. The Labute approximate surface area is 272 Å². The molecular weight excluding hydrogens is 628 g/mol. The summed E-state index contributed by atoms with van der Waals surface area (Å²) in [5, 5.41) is 94.2. The number of nitrogens with one attached hydrogen (secondary N) is 3. The third-order valence-electron chi connectivity index (χ3n) is 9.57. The van der Waals surface area contributed by atoms with Gasteiger partial charge in [-0.15, -0.1) is 0 Å². The number of likely N-dealkylation sites (N-methyl/N-ethyl adjacent to an activating group) is 1. The van der Waals surface area contributed by atoms with Crippen LogP contribution >= 0.6 is 0 Å². The molecule has 0 aromatic rings. The molecular formula is C28H54N6O13. The minimum atomic E-state index is -1.76. The predicted octanol–water partition coefficient (Wildman–Crippen LogP) is -7.65. The maximum atomic E-state index is 13.1. The first-order chi connectivity index (χ1) is 22.0. The van der Waals surface area contributed by atoms with Crippen molar-refractivity contribution < 1.29 is 64.6 Å². The van der Waals surface area contributed by atoms with Crippen LogP contribution in [0.15, 0.2) is 0 Å². The molecule has 4 aliphatic rings. The highest BCUT2D eigenvalue weighted by Crippen LogP contribution is 2.35. The van der Waals surface area contributed by atoms with E-state index < -0.39 is 103 Å². The molecule has 47 heavy (non-hydrogen) atoms. The number of hydrogen-bond donors (Lipinski definition) is 14. The molecule has 2 heterocycles. The molecule has 2 aliphatic heterocycles. The summed E-state index contributed by atoms with van der Waals surface area (Å²) in [6.07, 6.45) is -15.4. The smallest absolute Gasteiger partial charge is 0.252 e. The van der Waals surface area contributed by atoms with Crippen LogP contribution in [0.25, 0.3) is 0 Å². The third kappa shape index (κ3) is 8.58. The van der Waals surface area contributed by atoms with Crippen LogP contribution in [0.2, 0.25) is 0 Å². The Bertz CT molecular complexity index is 1030. The molecule has 274 valence electrons. The van der Waals surface area contributed by atoms with Gasteiger partial charge in [0.1, 0.15) is 60.0 Å². The number of ether oxygens (including phenoxy) is 4. The monoisotopic (exact) mass is 682 g/mol. The lowest BCUT2D eigenvalue weighted by atomic mass is 9.75. The summed E-state index contributed by atoms with van der Waals surface area (Å²) in [6, 6.07) is -3.33. The van der Waals surface area contributed by atoms with Gasteiger partial charge in [-0.25, -0.2) is 0 Å².